The van der Waals surface area contributed by atoms with Gasteiger partial charge in [-0.1, -0.05) is 12.1 Å². The van der Waals surface area contributed by atoms with E-state index < -0.39 is 51.0 Å². The predicted molar refractivity (Wildman–Crippen MR) is 176 cm³/mol. The second-order valence-electron chi connectivity index (χ2n) is 11.9. The standard InChI is InChI=1S/C25H28N6O2S.3C2HF3O2/c1-25(2,3)34(32,33)21-6-4-5-20(14-21)30-9-11-31(12-10-30)24-22-13-18(19-15-28-29-16-19)7-8-23(22)26-17-27-24;3*3-2(4,5)1(6)7/h4-8,13-17H,9-12H2,1-3H3,(H,28,29);3*(H,6,7). The van der Waals surface area contributed by atoms with E-state index in [2.05, 4.69) is 36.0 Å². The Bertz CT molecular complexity index is 1990. The maximum absolute atomic E-state index is 12.9. The average molecular weight is 819 g/mol. The van der Waals surface area contributed by atoms with Crippen molar-refractivity contribution >= 4 is 50.2 Å². The minimum absolute atomic E-state index is 0.369. The number of fused-ring (bicyclic) bond motifs is 1. The smallest absolute Gasteiger partial charge is 0.475 e. The van der Waals surface area contributed by atoms with Gasteiger partial charge in [-0.3, -0.25) is 5.10 Å². The van der Waals surface area contributed by atoms with Gasteiger partial charge in [0.05, 0.1) is 21.4 Å². The number of alkyl halides is 9. The predicted octanol–water partition coefficient (Wildman–Crippen LogP) is 5.82. The van der Waals surface area contributed by atoms with Crippen molar-refractivity contribution in [1.29, 1.82) is 0 Å². The van der Waals surface area contributed by atoms with Gasteiger partial charge in [0.15, 0.2) is 9.84 Å². The number of aliphatic carboxylic acids is 3. The van der Waals surface area contributed by atoms with E-state index in [0.717, 1.165) is 59.7 Å². The van der Waals surface area contributed by atoms with Crippen molar-refractivity contribution in [1.82, 2.24) is 20.2 Å². The first-order chi connectivity index (χ1) is 25.1. The van der Waals surface area contributed by atoms with Crippen molar-refractivity contribution < 1.29 is 77.6 Å². The molecular weight excluding hydrogens is 787 g/mol. The van der Waals surface area contributed by atoms with Crippen molar-refractivity contribution in [2.24, 2.45) is 0 Å². The summed E-state index contributed by atoms with van der Waals surface area (Å²) < 4.78 is 120. The highest BCUT2D eigenvalue weighted by Gasteiger charge is 2.39. The lowest BCUT2D eigenvalue weighted by molar-refractivity contribution is -0.193. The van der Waals surface area contributed by atoms with Crippen LogP contribution >= 0.6 is 0 Å². The second kappa shape index (κ2) is 17.6. The van der Waals surface area contributed by atoms with E-state index in [4.69, 9.17) is 29.7 Å². The third-order valence-corrected chi connectivity index (χ3v) is 9.54. The molecular formula is C31H31F9N6O8S. The second-order valence-corrected chi connectivity index (χ2v) is 14.6. The molecule has 0 saturated carbocycles. The Balaban J connectivity index is 0.000000408. The number of hydrogen-bond acceptors (Lipinski definition) is 10. The third-order valence-electron chi connectivity index (χ3n) is 7.05. The molecule has 14 nitrogen and oxygen atoms in total. The Morgan fingerprint density at radius 2 is 1.20 bits per heavy atom. The molecule has 0 bridgehead atoms. The van der Waals surface area contributed by atoms with Crippen LogP contribution in [0, 0.1) is 0 Å². The van der Waals surface area contributed by atoms with Gasteiger partial charge in [0.1, 0.15) is 12.1 Å². The number of carbonyl (C=O) groups is 3. The number of rotatable bonds is 4. The van der Waals surface area contributed by atoms with Crippen LogP contribution in [-0.4, -0.2) is 111 Å². The summed E-state index contributed by atoms with van der Waals surface area (Å²) in [6, 6.07) is 13.5. The molecule has 55 heavy (non-hydrogen) atoms. The highest BCUT2D eigenvalue weighted by molar-refractivity contribution is 7.92. The fourth-order valence-electron chi connectivity index (χ4n) is 4.26. The molecule has 0 radical (unpaired) electrons. The van der Waals surface area contributed by atoms with Gasteiger partial charge in [-0.2, -0.15) is 44.6 Å². The van der Waals surface area contributed by atoms with Crippen molar-refractivity contribution in [3.05, 3.63) is 61.2 Å². The lowest BCUT2D eigenvalue weighted by Gasteiger charge is -2.37. The molecule has 4 N–H and O–H groups in total. The summed E-state index contributed by atoms with van der Waals surface area (Å²) in [6.45, 7) is 8.29. The molecule has 0 spiro atoms. The fraction of sp³-hybridized carbons (Fsp3) is 0.355. The number of carboxylic acids is 3. The number of carboxylic acid groups (broad SMARTS) is 3. The first-order valence-electron chi connectivity index (χ1n) is 15.1. The van der Waals surface area contributed by atoms with Crippen LogP contribution in [0.2, 0.25) is 0 Å². The molecule has 302 valence electrons. The van der Waals surface area contributed by atoms with Crippen LogP contribution in [0.25, 0.3) is 22.0 Å². The number of piperazine rings is 1. The van der Waals surface area contributed by atoms with Crippen LogP contribution in [0.4, 0.5) is 51.0 Å². The van der Waals surface area contributed by atoms with E-state index in [0.29, 0.717) is 4.90 Å². The number of nitrogens with one attached hydrogen (secondary N) is 1. The largest absolute Gasteiger partial charge is 0.490 e. The summed E-state index contributed by atoms with van der Waals surface area (Å²) in [5, 5.41) is 29.3. The Morgan fingerprint density at radius 3 is 1.64 bits per heavy atom. The Labute approximate surface area is 305 Å². The van der Waals surface area contributed by atoms with Crippen molar-refractivity contribution in [2.75, 3.05) is 36.0 Å². The summed E-state index contributed by atoms with van der Waals surface area (Å²) >= 11 is 0. The zero-order valence-corrected chi connectivity index (χ0v) is 29.3. The number of nitrogens with zero attached hydrogens (tertiary/aromatic N) is 5. The van der Waals surface area contributed by atoms with E-state index in [-0.39, 0.29) is 0 Å². The summed E-state index contributed by atoms with van der Waals surface area (Å²) in [4.78, 5) is 40.6. The summed E-state index contributed by atoms with van der Waals surface area (Å²) in [6.07, 6.45) is -9.96. The number of H-pyrrole nitrogens is 1. The Kier molecular flexibility index (Phi) is 14.6. The van der Waals surface area contributed by atoms with Gasteiger partial charge >= 0.3 is 36.4 Å². The minimum atomic E-state index is -5.08. The van der Waals surface area contributed by atoms with Crippen LogP contribution in [0.5, 0.6) is 0 Å². The maximum atomic E-state index is 12.9. The zero-order valence-electron chi connectivity index (χ0n) is 28.5. The molecule has 4 aromatic rings. The highest BCUT2D eigenvalue weighted by atomic mass is 32.2. The number of hydrogen-bond donors (Lipinski definition) is 4. The summed E-state index contributed by atoms with van der Waals surface area (Å²) in [7, 11) is -3.40. The summed E-state index contributed by atoms with van der Waals surface area (Å²) in [5.41, 5.74) is 3.92. The summed E-state index contributed by atoms with van der Waals surface area (Å²) in [5.74, 6) is -7.36. The van der Waals surface area contributed by atoms with Crippen LogP contribution in [0.3, 0.4) is 0 Å². The van der Waals surface area contributed by atoms with Crippen LogP contribution in [-0.2, 0) is 24.2 Å². The molecule has 2 aromatic carbocycles. The van der Waals surface area contributed by atoms with E-state index in [1.165, 1.54) is 0 Å². The number of aromatic nitrogens is 4. The Morgan fingerprint density at radius 1 is 0.709 bits per heavy atom. The van der Waals surface area contributed by atoms with Crippen LogP contribution < -0.4 is 9.80 Å². The molecule has 0 atom stereocenters. The molecule has 0 amide bonds. The van der Waals surface area contributed by atoms with Gasteiger partial charge in [-0.15, -0.1) is 0 Å². The number of benzene rings is 2. The van der Waals surface area contributed by atoms with Crippen molar-refractivity contribution in [3.63, 3.8) is 0 Å². The van der Waals surface area contributed by atoms with E-state index in [1.807, 2.05) is 30.5 Å². The molecule has 5 rings (SSSR count). The lowest BCUT2D eigenvalue weighted by atomic mass is 10.1. The van der Waals surface area contributed by atoms with Crippen LogP contribution in [0.15, 0.2) is 66.1 Å². The minimum Gasteiger partial charge on any atom is -0.475 e. The SMILES string of the molecule is CC(C)(C)S(=O)(=O)c1cccc(N2CCN(c3ncnc4ccc(-c5cn[nH]c5)cc34)CC2)c1.O=C(O)C(F)(F)F.O=C(O)C(F)(F)F.O=C(O)C(F)(F)F. The van der Waals surface area contributed by atoms with Gasteiger partial charge in [0.2, 0.25) is 0 Å². The topological polar surface area (TPSA) is 207 Å². The maximum Gasteiger partial charge on any atom is 0.490 e. The van der Waals surface area contributed by atoms with E-state index in [9.17, 15) is 47.9 Å². The van der Waals surface area contributed by atoms with Gasteiger partial charge in [0, 0.05) is 49.0 Å². The number of anilines is 2. The van der Waals surface area contributed by atoms with Gasteiger partial charge in [-0.25, -0.2) is 32.8 Å². The monoisotopic (exact) mass is 818 g/mol. The third kappa shape index (κ3) is 13.0. The highest BCUT2D eigenvalue weighted by Crippen LogP contribution is 2.31. The zero-order chi connectivity index (χ0) is 42.2. The molecule has 0 unspecified atom stereocenters. The number of halogens is 9. The van der Waals surface area contributed by atoms with Crippen molar-refractivity contribution in [2.45, 2.75) is 48.9 Å². The van der Waals surface area contributed by atoms with Gasteiger partial charge < -0.3 is 25.1 Å². The number of aromatic amines is 1. The van der Waals surface area contributed by atoms with Gasteiger partial charge in [0.25, 0.3) is 0 Å². The van der Waals surface area contributed by atoms with Gasteiger partial charge in [-0.05, 0) is 56.7 Å². The Hall–Kier alpha value is -5.68. The van der Waals surface area contributed by atoms with E-state index in [1.54, 1.807) is 45.4 Å². The molecule has 1 aliphatic heterocycles. The average Bonchev–Trinajstić information content (AvgIpc) is 3.62. The normalized spacial score (nSPS) is 13.7. The fourth-order valence-corrected chi connectivity index (χ4v) is 5.50. The molecule has 0 aliphatic carbocycles. The van der Waals surface area contributed by atoms with E-state index >= 15 is 0 Å². The van der Waals surface area contributed by atoms with Crippen molar-refractivity contribution in [3.8, 4) is 11.1 Å². The lowest BCUT2D eigenvalue weighted by Crippen LogP contribution is -2.47. The molecule has 3 heterocycles. The van der Waals surface area contributed by atoms with Crippen LogP contribution in [0.1, 0.15) is 20.8 Å². The number of sulfone groups is 1. The quantitative estimate of drug-likeness (QED) is 0.179. The first kappa shape index (κ1) is 45.5. The molecule has 1 saturated heterocycles. The molecule has 2 aromatic heterocycles. The molecule has 1 aliphatic rings. The molecule has 24 heteroatoms. The first-order valence-corrected chi connectivity index (χ1v) is 16.5. The molecule has 1 fully saturated rings.